The van der Waals surface area contributed by atoms with Crippen molar-refractivity contribution in [3.05, 3.63) is 44.4 Å². The third-order valence-corrected chi connectivity index (χ3v) is 8.69. The van der Waals surface area contributed by atoms with Crippen molar-refractivity contribution in [2.75, 3.05) is 57.3 Å². The first-order chi connectivity index (χ1) is 18.5. The summed E-state index contributed by atoms with van der Waals surface area (Å²) in [7, 11) is -1.09. The largest absolute Gasteiger partial charge is 0.383 e. The normalized spacial score (nSPS) is 14.1. The lowest BCUT2D eigenvalue weighted by Crippen LogP contribution is -2.30. The van der Waals surface area contributed by atoms with Crippen LogP contribution in [0.15, 0.2) is 43.9 Å². The molecule has 0 unspecified atom stereocenters. The molecule has 2 aromatic carbocycles. The van der Waals surface area contributed by atoms with Crippen LogP contribution in [-0.2, 0) is 24.3 Å². The maximum atomic E-state index is 12.9. The van der Waals surface area contributed by atoms with Gasteiger partial charge < -0.3 is 19.7 Å². The number of nitrogens with zero attached hydrogens (tertiary/aromatic N) is 5. The van der Waals surface area contributed by atoms with Crippen LogP contribution >= 0.6 is 15.9 Å². The Morgan fingerprint density at radius 2 is 1.82 bits per heavy atom. The van der Waals surface area contributed by atoms with Gasteiger partial charge in [-0.3, -0.25) is 19.7 Å². The molecule has 1 heterocycles. The number of carbonyl (C=O) groups is 2. The number of hydrogen-bond acceptors (Lipinski definition) is 11. The second-order valence-electron chi connectivity index (χ2n) is 8.22. The fraction of sp³-hybridized carbons (Fsp3) is 0.391. The van der Waals surface area contributed by atoms with Crippen molar-refractivity contribution in [1.29, 1.82) is 0 Å². The minimum atomic E-state index is -4.25. The number of methoxy groups -OCH3 is 2. The zero-order chi connectivity index (χ0) is 28.9. The molecule has 0 atom stereocenters. The lowest BCUT2D eigenvalue weighted by atomic mass is 10.1. The molecule has 0 aromatic heterocycles. The SMILES string of the molecule is CCN1C(=O)c2cc([N+](=O)[O-])c(N=Nc3ccc(N(CCOC)CCOC)cc3NC(C)=O)c(Br)c2S1(=O)=O. The summed E-state index contributed by atoms with van der Waals surface area (Å²) in [5, 5.41) is 22.6. The Morgan fingerprint density at radius 1 is 1.18 bits per heavy atom. The molecular weight excluding hydrogens is 600 g/mol. The van der Waals surface area contributed by atoms with E-state index in [4.69, 9.17) is 9.47 Å². The smallest absolute Gasteiger partial charge is 0.298 e. The van der Waals surface area contributed by atoms with Crippen LogP contribution < -0.4 is 10.2 Å². The van der Waals surface area contributed by atoms with Gasteiger partial charge in [0, 0.05) is 52.5 Å². The Balaban J connectivity index is 2.12. The highest BCUT2D eigenvalue weighted by molar-refractivity contribution is 9.10. The molecule has 1 N–H and O–H groups in total. The number of benzene rings is 2. The maximum absolute atomic E-state index is 12.9. The number of amides is 2. The summed E-state index contributed by atoms with van der Waals surface area (Å²) in [5.41, 5.74) is -0.195. The van der Waals surface area contributed by atoms with Gasteiger partial charge in [-0.25, -0.2) is 12.7 Å². The summed E-state index contributed by atoms with van der Waals surface area (Å²) in [4.78, 5) is 37.1. The van der Waals surface area contributed by atoms with Crippen LogP contribution in [0.25, 0.3) is 0 Å². The maximum Gasteiger partial charge on any atom is 0.298 e. The topological polar surface area (TPSA) is 173 Å². The van der Waals surface area contributed by atoms with Gasteiger partial charge in [0.2, 0.25) is 5.91 Å². The number of fused-ring (bicyclic) bond motifs is 1. The summed E-state index contributed by atoms with van der Waals surface area (Å²) in [6, 6.07) is 5.82. The van der Waals surface area contributed by atoms with E-state index in [0.29, 0.717) is 30.6 Å². The monoisotopic (exact) mass is 626 g/mol. The van der Waals surface area contributed by atoms with Crippen LogP contribution in [0.1, 0.15) is 24.2 Å². The Labute approximate surface area is 233 Å². The van der Waals surface area contributed by atoms with Crippen LogP contribution in [-0.4, -0.2) is 76.5 Å². The highest BCUT2D eigenvalue weighted by atomic mass is 79.9. The van der Waals surface area contributed by atoms with Crippen molar-refractivity contribution in [3.8, 4) is 0 Å². The molecule has 1 aliphatic heterocycles. The molecule has 0 spiro atoms. The van der Waals surface area contributed by atoms with E-state index in [1.165, 1.54) is 13.8 Å². The van der Waals surface area contributed by atoms with E-state index < -0.39 is 43.0 Å². The predicted octanol–water partition coefficient (Wildman–Crippen LogP) is 3.99. The Hall–Kier alpha value is -3.47. The first-order valence-electron chi connectivity index (χ1n) is 11.6. The number of ether oxygens (including phenoxy) is 2. The highest BCUT2D eigenvalue weighted by Gasteiger charge is 2.45. The molecule has 2 amide bonds. The standard InChI is InChI=1S/C23H27BrN6O8S/c1-5-29-23(32)16-13-19(30(33)34)21(20(24)22(16)39(29,35)36)27-26-17-7-6-15(12-18(17)25-14(2)31)28(8-10-37-3)9-11-38-4/h6-7,12-13H,5,8-11H2,1-4H3,(H,25,31). The Morgan fingerprint density at radius 3 is 2.36 bits per heavy atom. The quantitative estimate of drug-likeness (QED) is 0.207. The van der Waals surface area contributed by atoms with Crippen molar-refractivity contribution in [1.82, 2.24) is 4.31 Å². The first kappa shape index (κ1) is 30.1. The van der Waals surface area contributed by atoms with Crippen molar-refractivity contribution in [2.45, 2.75) is 18.7 Å². The lowest BCUT2D eigenvalue weighted by Gasteiger charge is -2.25. The predicted molar refractivity (Wildman–Crippen MR) is 146 cm³/mol. The minimum Gasteiger partial charge on any atom is -0.383 e. The summed E-state index contributed by atoms with van der Waals surface area (Å²) in [6.45, 7) is 4.60. The average molecular weight is 627 g/mol. The zero-order valence-corrected chi connectivity index (χ0v) is 24.0. The zero-order valence-electron chi connectivity index (χ0n) is 21.6. The second-order valence-corrected chi connectivity index (χ2v) is 10.8. The van der Waals surface area contributed by atoms with E-state index in [-0.39, 0.29) is 28.0 Å². The molecule has 0 radical (unpaired) electrons. The number of nitro groups is 1. The van der Waals surface area contributed by atoms with Gasteiger partial charge in [-0.15, -0.1) is 10.2 Å². The van der Waals surface area contributed by atoms with Crippen molar-refractivity contribution >= 4 is 66.2 Å². The fourth-order valence-electron chi connectivity index (χ4n) is 3.90. The number of anilines is 2. The summed E-state index contributed by atoms with van der Waals surface area (Å²) in [5.74, 6) is -1.26. The number of nitrogens with one attached hydrogen (secondary N) is 1. The number of carbonyl (C=O) groups excluding carboxylic acids is 2. The number of nitro benzene ring substituents is 1. The van der Waals surface area contributed by atoms with Crippen LogP contribution in [0.5, 0.6) is 0 Å². The van der Waals surface area contributed by atoms with E-state index in [9.17, 15) is 28.1 Å². The molecule has 39 heavy (non-hydrogen) atoms. The van der Waals surface area contributed by atoms with Gasteiger partial charge >= 0.3 is 0 Å². The number of hydrogen-bond donors (Lipinski definition) is 1. The van der Waals surface area contributed by atoms with Gasteiger partial charge in [0.1, 0.15) is 10.6 Å². The van der Waals surface area contributed by atoms with Gasteiger partial charge in [0.25, 0.3) is 21.6 Å². The molecule has 16 heteroatoms. The minimum absolute atomic E-state index is 0.148. The van der Waals surface area contributed by atoms with Gasteiger partial charge in [0.15, 0.2) is 5.69 Å². The number of rotatable bonds is 12. The Kier molecular flexibility index (Phi) is 9.71. The lowest BCUT2D eigenvalue weighted by molar-refractivity contribution is -0.384. The second kappa shape index (κ2) is 12.6. The van der Waals surface area contributed by atoms with E-state index >= 15 is 0 Å². The van der Waals surface area contributed by atoms with Crippen LogP contribution in [0.2, 0.25) is 0 Å². The van der Waals surface area contributed by atoms with E-state index in [2.05, 4.69) is 31.5 Å². The first-order valence-corrected chi connectivity index (χ1v) is 13.8. The highest BCUT2D eigenvalue weighted by Crippen LogP contribution is 2.47. The van der Waals surface area contributed by atoms with Crippen molar-refractivity contribution in [3.63, 3.8) is 0 Å². The third kappa shape index (κ3) is 6.24. The number of sulfonamides is 1. The van der Waals surface area contributed by atoms with E-state index in [1.807, 2.05) is 4.90 Å². The van der Waals surface area contributed by atoms with Crippen molar-refractivity contribution < 1.29 is 32.4 Å². The van der Waals surface area contributed by atoms with Gasteiger partial charge in [0.05, 0.1) is 33.9 Å². The molecule has 0 fully saturated rings. The number of azo groups is 1. The van der Waals surface area contributed by atoms with E-state index in [1.54, 1.807) is 32.4 Å². The van der Waals surface area contributed by atoms with E-state index in [0.717, 1.165) is 11.8 Å². The molecule has 0 aliphatic carbocycles. The molecule has 1 aliphatic rings. The van der Waals surface area contributed by atoms with Crippen LogP contribution in [0, 0.1) is 10.1 Å². The van der Waals surface area contributed by atoms with Gasteiger partial charge in [-0.1, -0.05) is 0 Å². The van der Waals surface area contributed by atoms with Crippen molar-refractivity contribution in [2.24, 2.45) is 10.2 Å². The summed E-state index contributed by atoms with van der Waals surface area (Å²) >= 11 is 3.11. The molecule has 14 nitrogen and oxygen atoms in total. The molecule has 2 aromatic rings. The van der Waals surface area contributed by atoms with Gasteiger partial charge in [-0.05, 0) is 41.1 Å². The molecule has 0 bridgehead atoms. The fourth-order valence-corrected chi connectivity index (χ4v) is 6.63. The molecule has 210 valence electrons. The summed E-state index contributed by atoms with van der Waals surface area (Å²) < 4.78 is 36.6. The molecule has 0 saturated heterocycles. The van der Waals surface area contributed by atoms with Crippen LogP contribution in [0.4, 0.5) is 28.4 Å². The van der Waals surface area contributed by atoms with Crippen LogP contribution in [0.3, 0.4) is 0 Å². The third-order valence-electron chi connectivity index (χ3n) is 5.71. The average Bonchev–Trinajstić information content (AvgIpc) is 3.07. The van der Waals surface area contributed by atoms with Gasteiger partial charge in [-0.2, -0.15) is 0 Å². The number of halogens is 1. The molecular formula is C23H27BrN6O8S. The Bertz CT molecular complexity index is 1420. The summed E-state index contributed by atoms with van der Waals surface area (Å²) in [6.07, 6.45) is 0. The molecule has 3 rings (SSSR count). The molecule has 0 saturated carbocycles.